The van der Waals surface area contributed by atoms with E-state index in [0.717, 1.165) is 34.4 Å². The van der Waals surface area contributed by atoms with Crippen LogP contribution in [0.2, 0.25) is 0 Å². The summed E-state index contributed by atoms with van der Waals surface area (Å²) in [5.74, 6) is 0. The summed E-state index contributed by atoms with van der Waals surface area (Å²) in [6.45, 7) is 10.3. The molecule has 4 nitrogen and oxygen atoms in total. The van der Waals surface area contributed by atoms with Crippen LogP contribution in [0.25, 0.3) is 11.1 Å². The Bertz CT molecular complexity index is 694. The van der Waals surface area contributed by atoms with Crippen LogP contribution in [0.15, 0.2) is 18.2 Å². The van der Waals surface area contributed by atoms with Crippen molar-refractivity contribution in [1.29, 1.82) is 0 Å². The van der Waals surface area contributed by atoms with E-state index in [9.17, 15) is 9.90 Å². The largest absolute Gasteiger partial charge is 0.390 e. The molecule has 118 valence electrons. The quantitative estimate of drug-likeness (QED) is 0.860. The topological polar surface area (TPSA) is 55.1 Å². The third-order valence-electron chi connectivity index (χ3n) is 4.09. The molecule has 1 aromatic heterocycles. The molecule has 22 heavy (non-hydrogen) atoms. The van der Waals surface area contributed by atoms with Gasteiger partial charge in [0.05, 0.1) is 11.3 Å². The Balaban J connectivity index is 2.45. The third kappa shape index (κ3) is 3.28. The van der Waals surface area contributed by atoms with Crippen molar-refractivity contribution in [2.75, 3.05) is 0 Å². The van der Waals surface area contributed by atoms with Gasteiger partial charge in [0.2, 0.25) is 0 Å². The highest BCUT2D eigenvalue weighted by atomic mass is 16.3. The zero-order valence-electron chi connectivity index (χ0n) is 14.0. The van der Waals surface area contributed by atoms with Gasteiger partial charge in [-0.3, -0.25) is 9.48 Å². The van der Waals surface area contributed by atoms with Crippen LogP contribution in [0, 0.1) is 20.8 Å². The lowest BCUT2D eigenvalue weighted by Gasteiger charge is -2.17. The van der Waals surface area contributed by atoms with E-state index in [1.54, 1.807) is 13.8 Å². The van der Waals surface area contributed by atoms with E-state index in [0.29, 0.717) is 18.5 Å². The molecule has 0 aliphatic carbocycles. The number of carbonyl (C=O) groups is 1. The maximum atomic E-state index is 11.2. The zero-order chi connectivity index (χ0) is 16.5. The molecule has 0 bridgehead atoms. The fourth-order valence-electron chi connectivity index (χ4n) is 2.74. The molecule has 0 aliphatic rings. The number of benzene rings is 1. The van der Waals surface area contributed by atoms with Crippen LogP contribution in [0.3, 0.4) is 0 Å². The standard InChI is InChI=1S/C18H24N2O2/c1-12-15(11-21)7-6-8-16(12)17-13(2)19-20(14(17)3)10-9-18(4,5)22/h6-8,11,22H,9-10H2,1-5H3. The van der Waals surface area contributed by atoms with Crippen LogP contribution in [0.4, 0.5) is 0 Å². The first-order valence-corrected chi connectivity index (χ1v) is 7.56. The molecule has 0 aliphatic heterocycles. The molecule has 0 saturated carbocycles. The summed E-state index contributed by atoms with van der Waals surface area (Å²) < 4.78 is 1.94. The van der Waals surface area contributed by atoms with Crippen molar-refractivity contribution >= 4 is 6.29 Å². The van der Waals surface area contributed by atoms with Gasteiger partial charge in [0, 0.05) is 23.4 Å². The molecule has 0 atom stereocenters. The number of hydrogen-bond donors (Lipinski definition) is 1. The van der Waals surface area contributed by atoms with Crippen molar-refractivity contribution in [2.24, 2.45) is 0 Å². The van der Waals surface area contributed by atoms with E-state index in [2.05, 4.69) is 5.10 Å². The van der Waals surface area contributed by atoms with E-state index in [-0.39, 0.29) is 0 Å². The van der Waals surface area contributed by atoms with Crippen LogP contribution < -0.4 is 0 Å². The Labute approximate surface area is 131 Å². The van der Waals surface area contributed by atoms with Crippen molar-refractivity contribution < 1.29 is 9.90 Å². The smallest absolute Gasteiger partial charge is 0.150 e. The third-order valence-corrected chi connectivity index (χ3v) is 4.09. The number of aryl methyl sites for hydroxylation is 2. The molecule has 1 aromatic carbocycles. The second-order valence-corrected chi connectivity index (χ2v) is 6.47. The lowest BCUT2D eigenvalue weighted by molar-refractivity contribution is 0.0649. The molecule has 2 aromatic rings. The van der Waals surface area contributed by atoms with Crippen molar-refractivity contribution in [2.45, 2.75) is 53.2 Å². The predicted molar refractivity (Wildman–Crippen MR) is 88.2 cm³/mol. The van der Waals surface area contributed by atoms with Crippen molar-refractivity contribution in [3.05, 3.63) is 40.7 Å². The fourth-order valence-corrected chi connectivity index (χ4v) is 2.74. The molecule has 0 saturated heterocycles. The predicted octanol–water partition coefficient (Wildman–Crippen LogP) is 3.45. The zero-order valence-corrected chi connectivity index (χ0v) is 14.0. The second-order valence-electron chi connectivity index (χ2n) is 6.47. The summed E-state index contributed by atoms with van der Waals surface area (Å²) in [5.41, 5.74) is 5.12. The number of hydrogen-bond acceptors (Lipinski definition) is 3. The van der Waals surface area contributed by atoms with E-state index in [1.165, 1.54) is 0 Å². The molecule has 4 heteroatoms. The van der Waals surface area contributed by atoms with Gasteiger partial charge in [-0.25, -0.2) is 0 Å². The van der Waals surface area contributed by atoms with Gasteiger partial charge in [-0.1, -0.05) is 18.2 Å². The van der Waals surface area contributed by atoms with E-state index < -0.39 is 5.60 Å². The van der Waals surface area contributed by atoms with Gasteiger partial charge in [-0.15, -0.1) is 0 Å². The minimum atomic E-state index is -0.709. The van der Waals surface area contributed by atoms with Crippen molar-refractivity contribution in [3.8, 4) is 11.1 Å². The first kappa shape index (κ1) is 16.4. The van der Waals surface area contributed by atoms with Crippen LogP contribution in [-0.4, -0.2) is 26.8 Å². The summed E-state index contributed by atoms with van der Waals surface area (Å²) in [6.07, 6.45) is 1.53. The molecular formula is C18H24N2O2. The Hall–Kier alpha value is -1.94. The van der Waals surface area contributed by atoms with Gasteiger partial charge >= 0.3 is 0 Å². The maximum Gasteiger partial charge on any atom is 0.150 e. The maximum absolute atomic E-state index is 11.2. The van der Waals surface area contributed by atoms with Gasteiger partial charge in [-0.2, -0.15) is 5.10 Å². The molecule has 1 heterocycles. The van der Waals surface area contributed by atoms with E-state index >= 15 is 0 Å². The van der Waals surface area contributed by atoms with Crippen molar-refractivity contribution in [1.82, 2.24) is 9.78 Å². The molecule has 1 N–H and O–H groups in total. The fraction of sp³-hybridized carbons (Fsp3) is 0.444. The van der Waals surface area contributed by atoms with Crippen LogP contribution in [0.5, 0.6) is 0 Å². The van der Waals surface area contributed by atoms with Crippen LogP contribution in [0.1, 0.15) is 47.6 Å². The number of aromatic nitrogens is 2. The normalized spacial score (nSPS) is 11.7. The van der Waals surface area contributed by atoms with Gasteiger partial charge < -0.3 is 5.11 Å². The molecule has 0 spiro atoms. The lowest BCUT2D eigenvalue weighted by atomic mass is 9.95. The Morgan fingerprint density at radius 1 is 1.27 bits per heavy atom. The number of aliphatic hydroxyl groups is 1. The molecule has 0 amide bonds. The van der Waals surface area contributed by atoms with Crippen molar-refractivity contribution in [3.63, 3.8) is 0 Å². The highest BCUT2D eigenvalue weighted by Crippen LogP contribution is 2.31. The summed E-state index contributed by atoms with van der Waals surface area (Å²) in [4.78, 5) is 11.2. The summed E-state index contributed by atoms with van der Waals surface area (Å²) in [7, 11) is 0. The second kappa shape index (κ2) is 6.05. The first-order chi connectivity index (χ1) is 10.2. The number of nitrogens with zero attached hydrogens (tertiary/aromatic N) is 2. The number of rotatable bonds is 5. The SMILES string of the molecule is Cc1nn(CCC(C)(C)O)c(C)c1-c1cccc(C=O)c1C. The Morgan fingerprint density at radius 2 is 1.95 bits per heavy atom. The molecule has 0 unspecified atom stereocenters. The molecule has 2 rings (SSSR count). The van der Waals surface area contributed by atoms with E-state index in [1.807, 2.05) is 43.7 Å². The van der Waals surface area contributed by atoms with Gasteiger partial charge in [0.1, 0.15) is 6.29 Å². The van der Waals surface area contributed by atoms with Gasteiger partial charge in [0.15, 0.2) is 0 Å². The highest BCUT2D eigenvalue weighted by molar-refractivity contribution is 5.83. The number of aldehydes is 1. The Kier molecular flexibility index (Phi) is 4.52. The van der Waals surface area contributed by atoms with Crippen LogP contribution >= 0.6 is 0 Å². The molecule has 0 radical (unpaired) electrons. The Morgan fingerprint density at radius 3 is 2.55 bits per heavy atom. The number of carbonyl (C=O) groups excluding carboxylic acids is 1. The van der Waals surface area contributed by atoms with Gasteiger partial charge in [-0.05, 0) is 52.2 Å². The summed E-state index contributed by atoms with van der Waals surface area (Å²) in [5, 5.41) is 14.5. The highest BCUT2D eigenvalue weighted by Gasteiger charge is 2.18. The minimum absolute atomic E-state index is 0.641. The summed E-state index contributed by atoms with van der Waals surface area (Å²) in [6, 6.07) is 5.76. The minimum Gasteiger partial charge on any atom is -0.390 e. The van der Waals surface area contributed by atoms with E-state index in [4.69, 9.17) is 0 Å². The molecule has 0 fully saturated rings. The van der Waals surface area contributed by atoms with Crippen LogP contribution in [-0.2, 0) is 6.54 Å². The molecular weight excluding hydrogens is 276 g/mol. The average Bonchev–Trinajstić information content (AvgIpc) is 2.71. The van der Waals surface area contributed by atoms with Gasteiger partial charge in [0.25, 0.3) is 0 Å². The summed E-state index contributed by atoms with van der Waals surface area (Å²) >= 11 is 0. The average molecular weight is 300 g/mol. The lowest BCUT2D eigenvalue weighted by Crippen LogP contribution is -2.21. The first-order valence-electron chi connectivity index (χ1n) is 7.56. The monoisotopic (exact) mass is 300 g/mol.